The molecule has 0 fully saturated rings. The summed E-state index contributed by atoms with van der Waals surface area (Å²) >= 11 is 0. The number of hydrogen-bond acceptors (Lipinski definition) is 2. The molecule has 0 saturated carbocycles. The Balaban J connectivity index is 2.09. The highest BCUT2D eigenvalue weighted by molar-refractivity contribution is 5.79. The van der Waals surface area contributed by atoms with Crippen LogP contribution in [0.25, 0.3) is 11.1 Å². The van der Waals surface area contributed by atoms with Crippen LogP contribution in [-0.4, -0.2) is 0 Å². The van der Waals surface area contributed by atoms with Crippen molar-refractivity contribution in [3.63, 3.8) is 0 Å². The summed E-state index contributed by atoms with van der Waals surface area (Å²) in [6.07, 6.45) is 3.67. The van der Waals surface area contributed by atoms with Gasteiger partial charge in [0.25, 0.3) is 0 Å². The molecule has 2 aromatic rings. The summed E-state index contributed by atoms with van der Waals surface area (Å²) < 4.78 is 0. The summed E-state index contributed by atoms with van der Waals surface area (Å²) in [5.41, 5.74) is 16.9. The van der Waals surface area contributed by atoms with Crippen molar-refractivity contribution in [2.24, 2.45) is 5.92 Å². The Kier molecular flexibility index (Phi) is 4.67. The van der Waals surface area contributed by atoms with Gasteiger partial charge in [0.1, 0.15) is 0 Å². The molecule has 20 heavy (non-hydrogen) atoms. The monoisotopic (exact) mass is 268 g/mol. The average molecular weight is 268 g/mol. The first kappa shape index (κ1) is 14.4. The minimum absolute atomic E-state index is 0.746. The summed E-state index contributed by atoms with van der Waals surface area (Å²) in [7, 11) is 0. The Morgan fingerprint density at radius 2 is 1.65 bits per heavy atom. The van der Waals surface area contributed by atoms with E-state index in [-0.39, 0.29) is 0 Å². The van der Waals surface area contributed by atoms with Crippen LogP contribution in [0.5, 0.6) is 0 Å². The van der Waals surface area contributed by atoms with Crippen molar-refractivity contribution in [2.45, 2.75) is 33.1 Å². The summed E-state index contributed by atoms with van der Waals surface area (Å²) in [5.74, 6) is 0.779. The normalized spacial score (nSPS) is 10.9. The van der Waals surface area contributed by atoms with Gasteiger partial charge in [0, 0.05) is 16.9 Å². The van der Waals surface area contributed by atoms with Gasteiger partial charge in [0.05, 0.1) is 0 Å². The average Bonchev–Trinajstić information content (AvgIpc) is 2.42. The molecule has 106 valence electrons. The number of aryl methyl sites for hydroxylation is 1. The van der Waals surface area contributed by atoms with E-state index >= 15 is 0 Å². The van der Waals surface area contributed by atoms with E-state index in [4.69, 9.17) is 11.5 Å². The second-order valence-electron chi connectivity index (χ2n) is 5.83. The smallest absolute Gasteiger partial charge is 0.0395 e. The molecular weight excluding hydrogens is 244 g/mol. The highest BCUT2D eigenvalue weighted by Gasteiger charge is 2.03. The Labute approximate surface area is 121 Å². The van der Waals surface area contributed by atoms with E-state index in [0.717, 1.165) is 34.8 Å². The predicted molar refractivity (Wildman–Crippen MR) is 88.5 cm³/mol. The minimum Gasteiger partial charge on any atom is -0.399 e. The van der Waals surface area contributed by atoms with Crippen molar-refractivity contribution in [3.8, 4) is 11.1 Å². The number of nitrogen functional groups attached to an aromatic ring is 2. The molecule has 0 aliphatic heterocycles. The van der Waals surface area contributed by atoms with Gasteiger partial charge in [-0.15, -0.1) is 0 Å². The van der Waals surface area contributed by atoms with E-state index < -0.39 is 0 Å². The van der Waals surface area contributed by atoms with Gasteiger partial charge in [-0.25, -0.2) is 0 Å². The summed E-state index contributed by atoms with van der Waals surface area (Å²) in [6.45, 7) is 4.54. The lowest BCUT2D eigenvalue weighted by molar-refractivity contribution is 0.556. The molecule has 0 aromatic heterocycles. The van der Waals surface area contributed by atoms with Crippen LogP contribution >= 0.6 is 0 Å². The molecule has 0 amide bonds. The van der Waals surface area contributed by atoms with Crippen LogP contribution in [0.15, 0.2) is 42.5 Å². The first-order valence-electron chi connectivity index (χ1n) is 7.30. The third kappa shape index (κ3) is 3.77. The largest absolute Gasteiger partial charge is 0.399 e. The van der Waals surface area contributed by atoms with Crippen molar-refractivity contribution in [2.75, 3.05) is 11.5 Å². The van der Waals surface area contributed by atoms with Crippen molar-refractivity contribution in [1.29, 1.82) is 0 Å². The molecule has 2 nitrogen and oxygen atoms in total. The van der Waals surface area contributed by atoms with Crippen LogP contribution in [0.2, 0.25) is 0 Å². The van der Waals surface area contributed by atoms with Gasteiger partial charge >= 0.3 is 0 Å². The van der Waals surface area contributed by atoms with Crippen molar-refractivity contribution in [1.82, 2.24) is 0 Å². The third-order valence-corrected chi connectivity index (χ3v) is 3.59. The molecule has 2 rings (SSSR count). The van der Waals surface area contributed by atoms with Gasteiger partial charge in [0.15, 0.2) is 0 Å². The molecule has 0 unspecified atom stereocenters. The van der Waals surface area contributed by atoms with Gasteiger partial charge in [-0.1, -0.05) is 44.5 Å². The van der Waals surface area contributed by atoms with Gasteiger partial charge < -0.3 is 11.5 Å². The van der Waals surface area contributed by atoms with E-state index in [1.807, 2.05) is 18.2 Å². The lowest BCUT2D eigenvalue weighted by atomic mass is 9.98. The van der Waals surface area contributed by atoms with E-state index in [1.165, 1.54) is 18.4 Å². The topological polar surface area (TPSA) is 52.0 Å². The lowest BCUT2D eigenvalue weighted by Crippen LogP contribution is -1.94. The fraction of sp³-hybridized carbons (Fsp3) is 0.333. The molecule has 0 radical (unpaired) electrons. The first-order chi connectivity index (χ1) is 9.56. The summed E-state index contributed by atoms with van der Waals surface area (Å²) in [6, 6.07) is 14.3. The fourth-order valence-electron chi connectivity index (χ4n) is 2.39. The van der Waals surface area contributed by atoms with Crippen LogP contribution in [0.4, 0.5) is 11.4 Å². The van der Waals surface area contributed by atoms with Gasteiger partial charge in [-0.2, -0.15) is 0 Å². The molecule has 0 aliphatic rings. The zero-order valence-electron chi connectivity index (χ0n) is 12.4. The molecule has 0 bridgehead atoms. The minimum atomic E-state index is 0.746. The molecule has 0 aliphatic carbocycles. The van der Waals surface area contributed by atoms with Crippen LogP contribution < -0.4 is 11.5 Å². The summed E-state index contributed by atoms with van der Waals surface area (Å²) in [4.78, 5) is 0. The fourth-order valence-corrected chi connectivity index (χ4v) is 2.39. The molecule has 2 aromatic carbocycles. The Morgan fingerprint density at radius 1 is 0.950 bits per heavy atom. The lowest BCUT2D eigenvalue weighted by Gasteiger charge is -2.09. The Morgan fingerprint density at radius 3 is 2.30 bits per heavy atom. The molecule has 0 saturated heterocycles. The SMILES string of the molecule is CC(C)CCCc1ccc(-c2cc(N)ccc2N)cc1. The zero-order valence-corrected chi connectivity index (χ0v) is 12.4. The van der Waals surface area contributed by atoms with E-state index in [9.17, 15) is 0 Å². The Bertz CT molecular complexity index is 556. The Hall–Kier alpha value is -1.96. The maximum absolute atomic E-state index is 6.02. The van der Waals surface area contributed by atoms with Crippen molar-refractivity contribution >= 4 is 11.4 Å². The number of rotatable bonds is 5. The number of nitrogens with two attached hydrogens (primary N) is 2. The summed E-state index contributed by atoms with van der Waals surface area (Å²) in [5, 5.41) is 0. The van der Waals surface area contributed by atoms with E-state index in [1.54, 1.807) is 0 Å². The number of anilines is 2. The molecule has 0 atom stereocenters. The van der Waals surface area contributed by atoms with Crippen LogP contribution in [0.3, 0.4) is 0 Å². The first-order valence-corrected chi connectivity index (χ1v) is 7.30. The number of benzene rings is 2. The van der Waals surface area contributed by atoms with Crippen LogP contribution in [0.1, 0.15) is 32.3 Å². The van der Waals surface area contributed by atoms with E-state index in [0.29, 0.717) is 0 Å². The van der Waals surface area contributed by atoms with Crippen molar-refractivity contribution < 1.29 is 0 Å². The van der Waals surface area contributed by atoms with Gasteiger partial charge in [-0.05, 0) is 48.1 Å². The van der Waals surface area contributed by atoms with Gasteiger partial charge in [-0.3, -0.25) is 0 Å². The highest BCUT2D eigenvalue weighted by atomic mass is 14.6. The van der Waals surface area contributed by atoms with Crippen LogP contribution in [-0.2, 0) is 6.42 Å². The van der Waals surface area contributed by atoms with Gasteiger partial charge in [0.2, 0.25) is 0 Å². The standard InChI is InChI=1S/C18H24N2/c1-13(2)4-3-5-14-6-8-15(9-7-14)17-12-16(19)10-11-18(17)20/h6-13H,3-5,19-20H2,1-2H3. The maximum atomic E-state index is 6.02. The van der Waals surface area contributed by atoms with E-state index in [2.05, 4.69) is 38.1 Å². The molecule has 2 heteroatoms. The highest BCUT2D eigenvalue weighted by Crippen LogP contribution is 2.28. The molecule has 0 spiro atoms. The molecule has 0 heterocycles. The number of hydrogen-bond donors (Lipinski definition) is 2. The third-order valence-electron chi connectivity index (χ3n) is 3.59. The molecule has 4 N–H and O–H groups in total. The van der Waals surface area contributed by atoms with Crippen LogP contribution in [0, 0.1) is 5.92 Å². The molecular formula is C18H24N2. The predicted octanol–water partition coefficient (Wildman–Crippen LogP) is 4.50. The maximum Gasteiger partial charge on any atom is 0.0395 e. The zero-order chi connectivity index (χ0) is 14.5. The second-order valence-corrected chi connectivity index (χ2v) is 5.83. The van der Waals surface area contributed by atoms with Crippen molar-refractivity contribution in [3.05, 3.63) is 48.0 Å². The second kappa shape index (κ2) is 6.47. The quantitative estimate of drug-likeness (QED) is 0.785.